The van der Waals surface area contributed by atoms with Gasteiger partial charge in [-0.2, -0.15) is 0 Å². The summed E-state index contributed by atoms with van der Waals surface area (Å²) >= 11 is 0. The van der Waals surface area contributed by atoms with Gasteiger partial charge in [0.15, 0.2) is 0 Å². The minimum atomic E-state index is -0.526. The van der Waals surface area contributed by atoms with E-state index in [0.29, 0.717) is 19.6 Å². The van der Waals surface area contributed by atoms with Gasteiger partial charge in [-0.1, -0.05) is 6.92 Å². The van der Waals surface area contributed by atoms with Crippen molar-refractivity contribution < 1.29 is 19.1 Å². The summed E-state index contributed by atoms with van der Waals surface area (Å²) in [4.78, 5) is 26.7. The number of likely N-dealkylation sites (tertiary alicyclic amines) is 1. The van der Waals surface area contributed by atoms with Crippen LogP contribution in [0.15, 0.2) is 0 Å². The maximum atomic E-state index is 12.5. The van der Waals surface area contributed by atoms with Gasteiger partial charge in [-0.25, -0.2) is 4.79 Å². The fourth-order valence-corrected chi connectivity index (χ4v) is 2.86. The molecule has 5 nitrogen and oxygen atoms in total. The Balaban J connectivity index is 2.68. The molecule has 0 radical (unpaired) electrons. The van der Waals surface area contributed by atoms with Crippen LogP contribution in [0.5, 0.6) is 0 Å². The highest BCUT2D eigenvalue weighted by atomic mass is 16.6. The van der Waals surface area contributed by atoms with Gasteiger partial charge in [-0.05, 0) is 52.4 Å². The molecule has 128 valence electrons. The van der Waals surface area contributed by atoms with Gasteiger partial charge >= 0.3 is 5.97 Å². The molecule has 0 aromatic rings. The Bertz CT molecular complexity index is 375. The number of piperidine rings is 1. The number of hydrogen-bond acceptors (Lipinski definition) is 4. The molecule has 1 heterocycles. The quantitative estimate of drug-likeness (QED) is 0.559. The molecular formula is C17H31NO4. The minimum absolute atomic E-state index is 0.0542. The molecule has 2 atom stereocenters. The molecule has 1 aliphatic rings. The number of esters is 1. The van der Waals surface area contributed by atoms with Gasteiger partial charge in [0.1, 0.15) is 11.6 Å². The summed E-state index contributed by atoms with van der Waals surface area (Å²) < 4.78 is 10.5. The Hall–Kier alpha value is -1.10. The molecule has 0 saturated carbocycles. The van der Waals surface area contributed by atoms with Gasteiger partial charge in [-0.15, -0.1) is 0 Å². The zero-order valence-corrected chi connectivity index (χ0v) is 14.7. The molecule has 0 aromatic heterocycles. The number of carbonyl (C=O) groups excluding carboxylic acids is 2. The van der Waals surface area contributed by atoms with Crippen molar-refractivity contribution >= 4 is 11.9 Å². The van der Waals surface area contributed by atoms with Crippen LogP contribution in [0.2, 0.25) is 0 Å². The molecule has 0 aliphatic carbocycles. The topological polar surface area (TPSA) is 55.8 Å². The number of nitrogens with zero attached hydrogens (tertiary/aromatic N) is 1. The second-order valence-electron chi connectivity index (χ2n) is 7.13. The largest absolute Gasteiger partial charge is 0.458 e. The summed E-state index contributed by atoms with van der Waals surface area (Å²) in [6, 6.07) is -0.442. The van der Waals surface area contributed by atoms with Gasteiger partial charge in [0.05, 0.1) is 0 Å². The van der Waals surface area contributed by atoms with Gasteiger partial charge in [-0.3, -0.25) is 4.79 Å². The van der Waals surface area contributed by atoms with Crippen LogP contribution >= 0.6 is 0 Å². The number of hydrogen-bond donors (Lipinski definition) is 0. The Labute approximate surface area is 134 Å². The monoisotopic (exact) mass is 313 g/mol. The molecule has 1 amide bonds. The van der Waals surface area contributed by atoms with Crippen LogP contribution in [0, 0.1) is 5.92 Å². The van der Waals surface area contributed by atoms with Crippen molar-refractivity contribution in [2.45, 2.75) is 71.4 Å². The van der Waals surface area contributed by atoms with Crippen molar-refractivity contribution in [1.82, 2.24) is 4.90 Å². The van der Waals surface area contributed by atoms with Crippen molar-refractivity contribution in [1.29, 1.82) is 0 Å². The van der Waals surface area contributed by atoms with Crippen molar-refractivity contribution in [3.63, 3.8) is 0 Å². The number of ether oxygens (including phenoxy) is 2. The maximum Gasteiger partial charge on any atom is 0.329 e. The summed E-state index contributed by atoms with van der Waals surface area (Å²) in [7, 11) is 1.66. The number of amides is 1. The van der Waals surface area contributed by atoms with Crippen LogP contribution in [-0.4, -0.2) is 48.7 Å². The molecule has 0 unspecified atom stereocenters. The highest BCUT2D eigenvalue weighted by molar-refractivity contribution is 5.85. The Morgan fingerprint density at radius 2 is 1.91 bits per heavy atom. The van der Waals surface area contributed by atoms with Gasteiger partial charge in [0.25, 0.3) is 0 Å². The predicted octanol–water partition coefficient (Wildman–Crippen LogP) is 2.77. The summed E-state index contributed by atoms with van der Waals surface area (Å²) in [5.41, 5.74) is -0.526. The molecule has 0 N–H and O–H groups in total. The lowest BCUT2D eigenvalue weighted by Gasteiger charge is -2.39. The molecule has 1 fully saturated rings. The van der Waals surface area contributed by atoms with Gasteiger partial charge in [0, 0.05) is 26.7 Å². The van der Waals surface area contributed by atoms with Crippen molar-refractivity contribution in [3.8, 4) is 0 Å². The van der Waals surface area contributed by atoms with Gasteiger partial charge < -0.3 is 14.4 Å². The lowest BCUT2D eigenvalue weighted by atomic mass is 9.90. The van der Waals surface area contributed by atoms with Crippen LogP contribution in [0.1, 0.15) is 59.8 Å². The van der Waals surface area contributed by atoms with Crippen molar-refractivity contribution in [3.05, 3.63) is 0 Å². The first kappa shape index (κ1) is 18.9. The molecule has 5 heteroatoms. The molecule has 0 bridgehead atoms. The van der Waals surface area contributed by atoms with E-state index < -0.39 is 11.6 Å². The van der Waals surface area contributed by atoms with E-state index in [4.69, 9.17) is 9.47 Å². The number of methoxy groups -OCH3 is 1. The molecule has 0 spiro atoms. The Morgan fingerprint density at radius 1 is 1.23 bits per heavy atom. The van der Waals surface area contributed by atoms with E-state index in [1.807, 2.05) is 27.7 Å². The third-order valence-corrected chi connectivity index (χ3v) is 3.89. The van der Waals surface area contributed by atoms with Crippen LogP contribution in [0.3, 0.4) is 0 Å². The fraction of sp³-hybridized carbons (Fsp3) is 0.882. The lowest BCUT2D eigenvalue weighted by Crippen LogP contribution is -2.53. The van der Waals surface area contributed by atoms with Crippen molar-refractivity contribution in [2.24, 2.45) is 5.92 Å². The van der Waals surface area contributed by atoms with E-state index in [0.717, 1.165) is 25.7 Å². The normalized spacial score (nSPS) is 22.5. The maximum absolute atomic E-state index is 12.5. The molecule has 0 aromatic carbocycles. The summed E-state index contributed by atoms with van der Waals surface area (Å²) in [5.74, 6) is -0.0741. The average Bonchev–Trinajstić information content (AvgIpc) is 2.41. The molecule has 1 rings (SSSR count). The van der Waals surface area contributed by atoms with E-state index in [9.17, 15) is 9.59 Å². The molecular weight excluding hydrogens is 282 g/mol. The third-order valence-electron chi connectivity index (χ3n) is 3.89. The minimum Gasteiger partial charge on any atom is -0.458 e. The third kappa shape index (κ3) is 5.95. The molecule has 1 aliphatic heterocycles. The number of unbranched alkanes of at least 4 members (excludes halogenated alkanes) is 1. The van der Waals surface area contributed by atoms with E-state index in [-0.39, 0.29) is 17.8 Å². The smallest absolute Gasteiger partial charge is 0.329 e. The van der Waals surface area contributed by atoms with Crippen molar-refractivity contribution in [2.75, 3.05) is 20.3 Å². The lowest BCUT2D eigenvalue weighted by molar-refractivity contribution is -0.169. The van der Waals surface area contributed by atoms with Crippen LogP contribution < -0.4 is 0 Å². The fourth-order valence-electron chi connectivity index (χ4n) is 2.86. The number of rotatable bonds is 6. The number of carbonyl (C=O) groups is 2. The second kappa shape index (κ2) is 8.51. The van der Waals surface area contributed by atoms with Gasteiger partial charge in [0.2, 0.25) is 5.91 Å². The molecule has 1 saturated heterocycles. The summed E-state index contributed by atoms with van der Waals surface area (Å²) in [5, 5.41) is 0. The highest BCUT2D eigenvalue weighted by Crippen LogP contribution is 2.26. The van der Waals surface area contributed by atoms with Crippen LogP contribution in [0.25, 0.3) is 0 Å². The first-order valence-corrected chi connectivity index (χ1v) is 8.27. The van der Waals surface area contributed by atoms with Crippen LogP contribution in [-0.2, 0) is 19.1 Å². The second-order valence-corrected chi connectivity index (χ2v) is 7.13. The SMILES string of the molecule is COCCCCC(=O)N1CCC[C@@H](C)[C@@H]1C(=O)OC(C)(C)C. The predicted molar refractivity (Wildman–Crippen MR) is 85.5 cm³/mol. The average molecular weight is 313 g/mol. The molecule has 22 heavy (non-hydrogen) atoms. The first-order chi connectivity index (χ1) is 10.3. The van der Waals surface area contributed by atoms with E-state index in [1.54, 1.807) is 12.0 Å². The summed E-state index contributed by atoms with van der Waals surface area (Å²) in [6.45, 7) is 8.91. The first-order valence-electron chi connectivity index (χ1n) is 8.27. The Kier molecular flexibility index (Phi) is 7.33. The zero-order valence-electron chi connectivity index (χ0n) is 14.7. The van der Waals surface area contributed by atoms with E-state index in [2.05, 4.69) is 0 Å². The summed E-state index contributed by atoms with van der Waals surface area (Å²) in [6.07, 6.45) is 4.03. The zero-order chi connectivity index (χ0) is 16.8. The van der Waals surface area contributed by atoms with Crippen LogP contribution in [0.4, 0.5) is 0 Å². The Morgan fingerprint density at radius 3 is 2.50 bits per heavy atom. The van der Waals surface area contributed by atoms with E-state index >= 15 is 0 Å². The standard InChI is InChI=1S/C17H31NO4/c1-13-9-8-11-18(14(19)10-6-7-12-21-5)15(13)16(20)22-17(2,3)4/h13,15H,6-12H2,1-5H3/t13-,15-/m1/s1. The highest BCUT2D eigenvalue weighted by Gasteiger charge is 2.39. The van der Waals surface area contributed by atoms with E-state index in [1.165, 1.54) is 0 Å².